The first-order valence-electron chi connectivity index (χ1n) is 11.0. The molecule has 0 saturated carbocycles. The third-order valence-corrected chi connectivity index (χ3v) is 7.00. The number of nitrogens with one attached hydrogen (secondary N) is 1. The van der Waals surface area contributed by atoms with E-state index in [0.717, 1.165) is 23.3 Å². The summed E-state index contributed by atoms with van der Waals surface area (Å²) in [6.45, 7) is 2.75. The summed E-state index contributed by atoms with van der Waals surface area (Å²) >= 11 is 11.5. The highest BCUT2D eigenvalue weighted by molar-refractivity contribution is 6.35. The van der Waals surface area contributed by atoms with Crippen molar-refractivity contribution in [3.8, 4) is 0 Å². The van der Waals surface area contributed by atoms with Gasteiger partial charge in [-0.15, -0.1) is 0 Å². The van der Waals surface area contributed by atoms with E-state index in [1.807, 2.05) is 0 Å². The van der Waals surface area contributed by atoms with Crippen molar-refractivity contribution in [1.82, 2.24) is 15.3 Å². The SMILES string of the molecule is O=C(NN1CCOCC1)c1ccc2c(c1)CN(C1=NOC(c3cc(Cl)c(F)c(Cl)c3)(C(F)(F)F)C1)C2. The predicted molar refractivity (Wildman–Crippen MR) is 123 cm³/mol. The van der Waals surface area contributed by atoms with Gasteiger partial charge in [0.1, 0.15) is 5.84 Å². The quantitative estimate of drug-likeness (QED) is 0.449. The zero-order valence-electron chi connectivity index (χ0n) is 18.7. The predicted octanol–water partition coefficient (Wildman–Crippen LogP) is 4.62. The van der Waals surface area contributed by atoms with Crippen molar-refractivity contribution >= 4 is 34.9 Å². The zero-order valence-corrected chi connectivity index (χ0v) is 20.2. The number of morpholine rings is 1. The molecule has 192 valence electrons. The third kappa shape index (κ3) is 4.49. The van der Waals surface area contributed by atoms with Crippen LogP contribution in [0.2, 0.25) is 10.0 Å². The van der Waals surface area contributed by atoms with Crippen molar-refractivity contribution in [3.05, 3.63) is 68.4 Å². The van der Waals surface area contributed by atoms with Crippen LogP contribution >= 0.6 is 23.2 Å². The van der Waals surface area contributed by atoms with E-state index in [-0.39, 0.29) is 18.3 Å². The van der Waals surface area contributed by atoms with Crippen LogP contribution in [0.3, 0.4) is 0 Å². The summed E-state index contributed by atoms with van der Waals surface area (Å²) in [5, 5.41) is 4.44. The highest BCUT2D eigenvalue weighted by Gasteiger charge is 2.63. The Labute approximate surface area is 213 Å². The summed E-state index contributed by atoms with van der Waals surface area (Å²) in [4.78, 5) is 19.3. The number of ether oxygens (including phenoxy) is 1. The highest BCUT2D eigenvalue weighted by atomic mass is 35.5. The molecule has 1 fully saturated rings. The fourth-order valence-electron chi connectivity index (χ4n) is 4.45. The molecule has 5 rings (SSSR count). The number of carbonyl (C=O) groups is 1. The summed E-state index contributed by atoms with van der Waals surface area (Å²) in [6, 6.07) is 6.88. The molecule has 3 aliphatic heterocycles. The monoisotopic (exact) mass is 546 g/mol. The highest BCUT2D eigenvalue weighted by Crippen LogP contribution is 2.50. The lowest BCUT2D eigenvalue weighted by Crippen LogP contribution is -2.48. The second-order valence-corrected chi connectivity index (χ2v) is 9.55. The molecule has 1 saturated heterocycles. The van der Waals surface area contributed by atoms with Gasteiger partial charge in [-0.05, 0) is 35.4 Å². The number of rotatable bonds is 3. The molecule has 1 atom stereocenters. The van der Waals surface area contributed by atoms with Crippen LogP contribution in [0.15, 0.2) is 35.5 Å². The number of hydrogen-bond acceptors (Lipinski definition) is 6. The fourth-order valence-corrected chi connectivity index (χ4v) is 4.94. The Morgan fingerprint density at radius 1 is 1.06 bits per heavy atom. The number of carbonyl (C=O) groups excluding carboxylic acids is 1. The lowest BCUT2D eigenvalue weighted by molar-refractivity contribution is -0.275. The number of benzene rings is 2. The summed E-state index contributed by atoms with van der Waals surface area (Å²) in [5.74, 6) is -1.22. The molecule has 3 heterocycles. The molecule has 13 heteroatoms. The van der Waals surface area contributed by atoms with E-state index >= 15 is 0 Å². The van der Waals surface area contributed by atoms with Crippen LogP contribution in [0, 0.1) is 5.82 Å². The number of amidine groups is 1. The Bertz CT molecular complexity index is 1210. The van der Waals surface area contributed by atoms with Crippen molar-refractivity contribution in [2.75, 3.05) is 26.3 Å². The van der Waals surface area contributed by atoms with Gasteiger partial charge in [-0.3, -0.25) is 10.2 Å². The number of amides is 1. The first kappa shape index (κ1) is 25.1. The maximum atomic E-state index is 14.3. The van der Waals surface area contributed by atoms with E-state index in [1.165, 1.54) is 0 Å². The number of fused-ring (bicyclic) bond motifs is 1. The maximum Gasteiger partial charge on any atom is 0.435 e. The lowest BCUT2D eigenvalue weighted by atomic mass is 9.89. The molecule has 0 spiro atoms. The minimum atomic E-state index is -4.89. The molecular weight excluding hydrogens is 527 g/mol. The topological polar surface area (TPSA) is 66.4 Å². The number of alkyl halides is 3. The van der Waals surface area contributed by atoms with Crippen LogP contribution in [0.4, 0.5) is 17.6 Å². The molecule has 36 heavy (non-hydrogen) atoms. The molecule has 0 radical (unpaired) electrons. The molecule has 2 aromatic rings. The zero-order chi connectivity index (χ0) is 25.7. The van der Waals surface area contributed by atoms with Crippen LogP contribution in [-0.2, 0) is 28.3 Å². The Hall–Kier alpha value is -2.60. The molecule has 0 aliphatic carbocycles. The standard InChI is InChI=1S/C23H20Cl2F4N4O3/c24-17-8-16(9-18(25)20(17)26)22(23(27,28)29)10-19(31-36-22)32-11-14-2-1-13(7-15(14)12-32)21(34)30-33-3-5-35-6-4-33/h1-2,7-9H,3-6,10-12H2,(H,30,34). The Kier molecular flexibility index (Phi) is 6.52. The van der Waals surface area contributed by atoms with Gasteiger partial charge in [0.15, 0.2) is 5.82 Å². The lowest BCUT2D eigenvalue weighted by Gasteiger charge is -2.30. The van der Waals surface area contributed by atoms with Crippen LogP contribution in [0.25, 0.3) is 0 Å². The van der Waals surface area contributed by atoms with E-state index in [1.54, 1.807) is 28.1 Å². The van der Waals surface area contributed by atoms with Crippen molar-refractivity contribution in [1.29, 1.82) is 0 Å². The van der Waals surface area contributed by atoms with Gasteiger partial charge in [-0.25, -0.2) is 9.40 Å². The van der Waals surface area contributed by atoms with Crippen LogP contribution in [0.5, 0.6) is 0 Å². The van der Waals surface area contributed by atoms with Gasteiger partial charge in [0, 0.05) is 37.3 Å². The van der Waals surface area contributed by atoms with Crippen molar-refractivity contribution < 1.29 is 31.9 Å². The number of oxime groups is 1. The first-order chi connectivity index (χ1) is 17.1. The molecule has 1 unspecified atom stereocenters. The molecule has 3 aliphatic rings. The third-order valence-electron chi connectivity index (χ3n) is 6.45. The maximum absolute atomic E-state index is 14.3. The van der Waals surface area contributed by atoms with Gasteiger partial charge in [-0.2, -0.15) is 13.2 Å². The molecule has 0 aromatic heterocycles. The minimum absolute atomic E-state index is 0.0689. The first-order valence-corrected chi connectivity index (χ1v) is 11.8. The van der Waals surface area contributed by atoms with Crippen LogP contribution in [-0.4, -0.2) is 54.1 Å². The number of halogens is 6. The molecule has 7 nitrogen and oxygen atoms in total. The number of hydrazine groups is 1. The van der Waals surface area contributed by atoms with Crippen LogP contribution in [0.1, 0.15) is 33.5 Å². The molecule has 1 N–H and O–H groups in total. The van der Waals surface area contributed by atoms with Gasteiger partial charge < -0.3 is 14.5 Å². The van der Waals surface area contributed by atoms with Gasteiger partial charge in [0.2, 0.25) is 0 Å². The fraction of sp³-hybridized carbons (Fsp3) is 0.391. The second-order valence-electron chi connectivity index (χ2n) is 8.73. The Balaban J connectivity index is 1.33. The molecule has 1 amide bonds. The average molecular weight is 547 g/mol. The van der Waals surface area contributed by atoms with Crippen LogP contribution < -0.4 is 5.43 Å². The summed E-state index contributed by atoms with van der Waals surface area (Å²) in [6.07, 6.45) is -5.53. The van der Waals surface area contributed by atoms with Gasteiger partial charge >= 0.3 is 6.18 Å². The summed E-state index contributed by atoms with van der Waals surface area (Å²) in [5.41, 5.74) is 1.63. The Morgan fingerprint density at radius 3 is 2.39 bits per heavy atom. The molecule has 2 aromatic carbocycles. The van der Waals surface area contributed by atoms with E-state index in [0.29, 0.717) is 38.4 Å². The second kappa shape index (κ2) is 9.37. The van der Waals surface area contributed by atoms with Crippen molar-refractivity contribution in [2.24, 2.45) is 5.16 Å². The van der Waals surface area contributed by atoms with Crippen molar-refractivity contribution in [3.63, 3.8) is 0 Å². The van der Waals surface area contributed by atoms with E-state index in [9.17, 15) is 22.4 Å². The molecule has 0 bridgehead atoms. The van der Waals surface area contributed by atoms with Gasteiger partial charge in [0.25, 0.3) is 11.5 Å². The van der Waals surface area contributed by atoms with Gasteiger partial charge in [0.05, 0.1) is 29.7 Å². The minimum Gasteiger partial charge on any atom is -0.379 e. The van der Waals surface area contributed by atoms with E-state index < -0.39 is 39.6 Å². The smallest absolute Gasteiger partial charge is 0.379 e. The number of hydrogen-bond donors (Lipinski definition) is 1. The summed E-state index contributed by atoms with van der Waals surface area (Å²) < 4.78 is 61.9. The van der Waals surface area contributed by atoms with Gasteiger partial charge in [-0.1, -0.05) is 34.4 Å². The van der Waals surface area contributed by atoms with E-state index in [2.05, 4.69) is 10.6 Å². The number of nitrogens with zero attached hydrogens (tertiary/aromatic N) is 3. The van der Waals surface area contributed by atoms with Crippen molar-refractivity contribution in [2.45, 2.75) is 31.3 Å². The van der Waals surface area contributed by atoms with E-state index in [4.69, 9.17) is 32.8 Å². The summed E-state index contributed by atoms with van der Waals surface area (Å²) in [7, 11) is 0. The molecular formula is C23H20Cl2F4N4O3. The average Bonchev–Trinajstić information content (AvgIpc) is 3.47. The largest absolute Gasteiger partial charge is 0.435 e. The normalized spacial score (nSPS) is 22.3. The Morgan fingerprint density at radius 2 is 1.72 bits per heavy atom.